The Morgan fingerprint density at radius 2 is 2.00 bits per heavy atom. The van der Waals surface area contributed by atoms with Crippen molar-refractivity contribution in [1.29, 1.82) is 0 Å². The number of carbonyl (C=O) groups is 1. The molecule has 1 N–H and O–H groups in total. The predicted molar refractivity (Wildman–Crippen MR) is 96.3 cm³/mol. The van der Waals surface area contributed by atoms with Gasteiger partial charge < -0.3 is 15.2 Å². The monoisotopic (exact) mass is 402 g/mol. The number of nitrogens with one attached hydrogen (secondary N) is 1. The van der Waals surface area contributed by atoms with Gasteiger partial charge in [-0.1, -0.05) is 51.8 Å². The Morgan fingerprint density at radius 3 is 2.71 bits per heavy atom. The number of hydrogen-bond donors (Lipinski definition) is 1. The van der Waals surface area contributed by atoms with Crippen LogP contribution in [0.5, 0.6) is 0 Å². The number of fused-ring (bicyclic) bond motifs is 3. The Balaban J connectivity index is 1.82. The van der Waals surface area contributed by atoms with Crippen LogP contribution in [0.15, 0.2) is 53.0 Å². The number of anilines is 1. The molecule has 0 radical (unpaired) electrons. The molecule has 0 saturated heterocycles. The van der Waals surface area contributed by atoms with Crippen molar-refractivity contribution in [3.05, 3.63) is 74.7 Å². The van der Waals surface area contributed by atoms with E-state index >= 15 is 0 Å². The van der Waals surface area contributed by atoms with Gasteiger partial charge in [0.1, 0.15) is 0 Å². The Kier molecular flexibility index (Phi) is 3.89. The van der Waals surface area contributed by atoms with Crippen LogP contribution in [-0.2, 0) is 0 Å². The van der Waals surface area contributed by atoms with Gasteiger partial charge in [0.05, 0.1) is 22.7 Å². The van der Waals surface area contributed by atoms with Gasteiger partial charge in [0.15, 0.2) is 0 Å². The molecular formula is C19H14BrClNO2-. The summed E-state index contributed by atoms with van der Waals surface area (Å²) in [6, 6.07) is 11.6. The first kappa shape index (κ1) is 15.7. The van der Waals surface area contributed by atoms with Crippen LogP contribution in [0.3, 0.4) is 0 Å². The first-order chi connectivity index (χ1) is 11.5. The summed E-state index contributed by atoms with van der Waals surface area (Å²) in [5.74, 6) is -0.702. The van der Waals surface area contributed by atoms with E-state index in [0.717, 1.165) is 22.1 Å². The minimum atomic E-state index is -1.20. The molecule has 1 heterocycles. The van der Waals surface area contributed by atoms with E-state index in [1.54, 1.807) is 6.07 Å². The average molecular weight is 404 g/mol. The fourth-order valence-corrected chi connectivity index (χ4v) is 4.32. The van der Waals surface area contributed by atoms with Crippen molar-refractivity contribution < 1.29 is 9.90 Å². The van der Waals surface area contributed by atoms with Crippen molar-refractivity contribution in [1.82, 2.24) is 0 Å². The van der Waals surface area contributed by atoms with E-state index in [1.807, 2.05) is 12.1 Å². The number of allylic oxidation sites excluding steroid dienone is 2. The first-order valence-electron chi connectivity index (χ1n) is 7.78. The van der Waals surface area contributed by atoms with E-state index in [9.17, 15) is 9.90 Å². The normalized spacial score (nSPS) is 24.2. The quantitative estimate of drug-likeness (QED) is 0.761. The molecular weight excluding hydrogens is 390 g/mol. The number of hydrogen-bond acceptors (Lipinski definition) is 3. The van der Waals surface area contributed by atoms with Gasteiger partial charge in [-0.15, -0.1) is 0 Å². The summed E-state index contributed by atoms with van der Waals surface area (Å²) in [5.41, 5.74) is 3.08. The Labute approximate surface area is 153 Å². The highest BCUT2D eigenvalue weighted by Crippen LogP contribution is 2.51. The zero-order valence-corrected chi connectivity index (χ0v) is 15.0. The predicted octanol–water partition coefficient (Wildman–Crippen LogP) is 4.29. The number of benzene rings is 2. The lowest BCUT2D eigenvalue weighted by atomic mass is 9.76. The van der Waals surface area contributed by atoms with Crippen LogP contribution in [0.4, 0.5) is 5.69 Å². The average Bonchev–Trinajstić information content (AvgIpc) is 3.05. The summed E-state index contributed by atoms with van der Waals surface area (Å²) in [4.78, 5) is 11.2. The van der Waals surface area contributed by atoms with Crippen molar-refractivity contribution in [2.45, 2.75) is 18.4 Å². The number of carbonyl (C=O) groups excluding carboxylic acids is 1. The second-order valence-electron chi connectivity index (χ2n) is 6.24. The molecule has 0 saturated carbocycles. The van der Waals surface area contributed by atoms with Crippen molar-refractivity contribution >= 4 is 39.2 Å². The number of aromatic carboxylic acids is 1. The molecule has 0 spiro atoms. The van der Waals surface area contributed by atoms with Crippen LogP contribution < -0.4 is 10.4 Å². The largest absolute Gasteiger partial charge is 0.545 e. The van der Waals surface area contributed by atoms with Crippen LogP contribution >= 0.6 is 27.5 Å². The standard InChI is InChI=1S/C19H15BrClNO2/c20-12-6-4-10(5-7-12)17-14-3-1-2-13(14)15-8-11(19(23)24)9-16(21)18(15)22-17/h1-2,4-9,13-14,17,22H,3H2,(H,23,24)/p-1/t13-,14-,17-/m0/s1. The highest BCUT2D eigenvalue weighted by molar-refractivity contribution is 9.10. The smallest absolute Gasteiger partial charge is 0.0715 e. The molecule has 0 bridgehead atoms. The molecule has 2 aromatic rings. The highest BCUT2D eigenvalue weighted by Gasteiger charge is 2.38. The molecule has 0 unspecified atom stereocenters. The summed E-state index contributed by atoms with van der Waals surface area (Å²) in [7, 11) is 0. The Bertz CT molecular complexity index is 847. The molecule has 4 rings (SSSR count). The van der Waals surface area contributed by atoms with Crippen molar-refractivity contribution in [2.75, 3.05) is 5.32 Å². The fraction of sp³-hybridized carbons (Fsp3) is 0.211. The van der Waals surface area contributed by atoms with Gasteiger partial charge in [-0.25, -0.2) is 0 Å². The maximum Gasteiger partial charge on any atom is 0.0715 e. The van der Waals surface area contributed by atoms with Crippen molar-refractivity contribution in [3.63, 3.8) is 0 Å². The topological polar surface area (TPSA) is 52.2 Å². The maximum absolute atomic E-state index is 11.2. The molecule has 1 aliphatic carbocycles. The van der Waals surface area contributed by atoms with E-state index in [2.05, 4.69) is 45.5 Å². The minimum absolute atomic E-state index is 0.127. The molecule has 2 aromatic carbocycles. The lowest BCUT2D eigenvalue weighted by Gasteiger charge is -2.38. The fourth-order valence-electron chi connectivity index (χ4n) is 3.77. The molecule has 3 atom stereocenters. The van der Waals surface area contributed by atoms with E-state index in [4.69, 9.17) is 11.6 Å². The van der Waals surface area contributed by atoms with Crippen molar-refractivity contribution in [2.24, 2.45) is 5.92 Å². The zero-order valence-electron chi connectivity index (χ0n) is 12.6. The van der Waals surface area contributed by atoms with E-state index in [0.29, 0.717) is 10.9 Å². The molecule has 5 heteroatoms. The summed E-state index contributed by atoms with van der Waals surface area (Å²) in [6.07, 6.45) is 5.27. The molecule has 0 fully saturated rings. The van der Waals surface area contributed by atoms with Crippen LogP contribution in [-0.4, -0.2) is 5.97 Å². The number of halogens is 2. The Hall–Kier alpha value is -1.78. The SMILES string of the molecule is O=C([O-])c1cc(Cl)c2c(c1)[C@H]1C=CC[C@@H]1[C@H](c1ccc(Br)cc1)N2. The number of carboxylic acid groups (broad SMARTS) is 1. The third kappa shape index (κ3) is 2.54. The summed E-state index contributed by atoms with van der Waals surface area (Å²) >= 11 is 9.84. The van der Waals surface area contributed by atoms with Gasteiger partial charge in [-0.2, -0.15) is 0 Å². The highest BCUT2D eigenvalue weighted by atomic mass is 79.9. The zero-order chi connectivity index (χ0) is 16.8. The van der Waals surface area contributed by atoms with Gasteiger partial charge in [-0.3, -0.25) is 0 Å². The van der Waals surface area contributed by atoms with E-state index < -0.39 is 5.97 Å². The van der Waals surface area contributed by atoms with Gasteiger partial charge >= 0.3 is 0 Å². The molecule has 122 valence electrons. The van der Waals surface area contributed by atoms with Gasteiger partial charge in [0, 0.05) is 10.4 Å². The van der Waals surface area contributed by atoms with Crippen molar-refractivity contribution in [3.8, 4) is 0 Å². The summed E-state index contributed by atoms with van der Waals surface area (Å²) < 4.78 is 1.04. The number of carboxylic acids is 1. The summed E-state index contributed by atoms with van der Waals surface area (Å²) in [5, 5.41) is 15.2. The van der Waals surface area contributed by atoms with Crippen LogP contribution in [0.2, 0.25) is 5.02 Å². The second kappa shape index (κ2) is 5.94. The summed E-state index contributed by atoms with van der Waals surface area (Å²) in [6.45, 7) is 0. The molecule has 2 aliphatic rings. The third-order valence-corrected chi connectivity index (χ3v) is 5.71. The van der Waals surface area contributed by atoms with Gasteiger partial charge in [0.25, 0.3) is 0 Å². The van der Waals surface area contributed by atoms with Gasteiger partial charge in [0.2, 0.25) is 0 Å². The van der Waals surface area contributed by atoms with Gasteiger partial charge in [-0.05, 0) is 53.3 Å². The molecule has 3 nitrogen and oxygen atoms in total. The number of rotatable bonds is 2. The molecule has 24 heavy (non-hydrogen) atoms. The van der Waals surface area contributed by atoms with E-state index in [1.165, 1.54) is 11.6 Å². The lowest BCUT2D eigenvalue weighted by Crippen LogP contribution is -2.30. The lowest BCUT2D eigenvalue weighted by molar-refractivity contribution is -0.255. The molecule has 1 aliphatic heterocycles. The van der Waals surface area contributed by atoms with Crippen LogP contribution in [0, 0.1) is 5.92 Å². The minimum Gasteiger partial charge on any atom is -0.545 e. The maximum atomic E-state index is 11.2. The third-order valence-electron chi connectivity index (χ3n) is 4.89. The van der Waals surface area contributed by atoms with Crippen LogP contribution in [0.25, 0.3) is 0 Å². The molecule has 0 amide bonds. The first-order valence-corrected chi connectivity index (χ1v) is 8.95. The Morgan fingerprint density at radius 1 is 1.25 bits per heavy atom. The second-order valence-corrected chi connectivity index (χ2v) is 7.56. The van der Waals surface area contributed by atoms with E-state index in [-0.39, 0.29) is 17.5 Å². The molecule has 0 aromatic heterocycles. The van der Waals surface area contributed by atoms with Crippen LogP contribution in [0.1, 0.15) is 39.9 Å².